The van der Waals surface area contributed by atoms with E-state index in [0.717, 1.165) is 44.7 Å². The van der Waals surface area contributed by atoms with Crippen molar-refractivity contribution in [2.75, 3.05) is 4.90 Å². The van der Waals surface area contributed by atoms with Crippen LogP contribution in [0.4, 0.5) is 17.1 Å². The van der Waals surface area contributed by atoms with Crippen LogP contribution >= 0.6 is 11.3 Å². The summed E-state index contributed by atoms with van der Waals surface area (Å²) in [5.41, 5.74) is 8.73. The summed E-state index contributed by atoms with van der Waals surface area (Å²) in [6.45, 7) is 0. The van der Waals surface area contributed by atoms with Crippen LogP contribution in [0, 0.1) is 0 Å². The van der Waals surface area contributed by atoms with Crippen LogP contribution in [0.25, 0.3) is 80.4 Å². The normalized spacial score (nSPS) is 12.0. The highest BCUT2D eigenvalue weighted by Crippen LogP contribution is 2.47. The molecule has 234 valence electrons. The van der Waals surface area contributed by atoms with Crippen LogP contribution in [-0.4, -0.2) is 4.57 Å². The number of hydrogen-bond acceptors (Lipinski definition) is 3. The van der Waals surface area contributed by atoms with Gasteiger partial charge in [-0.2, -0.15) is 0 Å². The number of benzene rings is 8. The zero-order chi connectivity index (χ0) is 32.8. The molecule has 4 heteroatoms. The third kappa shape index (κ3) is 3.97. The fraction of sp³-hybridized carbons (Fsp3) is 0. The summed E-state index contributed by atoms with van der Waals surface area (Å²) in [4.78, 5) is 2.45. The molecule has 0 unspecified atom stereocenters. The minimum Gasteiger partial charge on any atom is -0.456 e. The first kappa shape index (κ1) is 27.6. The summed E-state index contributed by atoms with van der Waals surface area (Å²) in [5, 5.41) is 9.70. The fourth-order valence-corrected chi connectivity index (χ4v) is 9.13. The van der Waals surface area contributed by atoms with E-state index in [4.69, 9.17) is 4.42 Å². The zero-order valence-electron chi connectivity index (χ0n) is 26.9. The maximum atomic E-state index is 6.26. The summed E-state index contributed by atoms with van der Waals surface area (Å²) < 4.78 is 11.2. The monoisotopic (exact) mass is 656 g/mol. The maximum Gasteiger partial charge on any atom is 0.136 e. The average molecular weight is 657 g/mol. The second-order valence-corrected chi connectivity index (χ2v) is 14.0. The van der Waals surface area contributed by atoms with Gasteiger partial charge in [0, 0.05) is 58.8 Å². The second kappa shape index (κ2) is 10.6. The number of fused-ring (bicyclic) bond motifs is 11. The Bertz CT molecular complexity index is 3110. The van der Waals surface area contributed by atoms with Crippen molar-refractivity contribution in [1.82, 2.24) is 4.57 Å². The highest BCUT2D eigenvalue weighted by atomic mass is 32.1. The quantitative estimate of drug-likeness (QED) is 0.188. The van der Waals surface area contributed by atoms with Crippen molar-refractivity contribution in [1.29, 1.82) is 0 Å². The molecular weight excluding hydrogens is 629 g/mol. The van der Waals surface area contributed by atoms with E-state index in [2.05, 4.69) is 167 Å². The molecule has 0 aliphatic rings. The van der Waals surface area contributed by atoms with Gasteiger partial charge in [0.25, 0.3) is 0 Å². The van der Waals surface area contributed by atoms with E-state index in [1.165, 1.54) is 52.8 Å². The molecule has 0 aliphatic heterocycles. The Morgan fingerprint density at radius 1 is 0.440 bits per heavy atom. The van der Waals surface area contributed by atoms with Gasteiger partial charge in [-0.05, 0) is 83.6 Å². The van der Waals surface area contributed by atoms with E-state index in [1.807, 2.05) is 23.5 Å². The Morgan fingerprint density at radius 2 is 1.14 bits per heavy atom. The molecule has 0 spiro atoms. The molecule has 0 radical (unpaired) electrons. The van der Waals surface area contributed by atoms with Crippen molar-refractivity contribution in [2.24, 2.45) is 0 Å². The molecule has 0 saturated carbocycles. The van der Waals surface area contributed by atoms with Crippen LogP contribution in [0.1, 0.15) is 0 Å². The van der Waals surface area contributed by atoms with E-state index < -0.39 is 0 Å². The lowest BCUT2D eigenvalue weighted by Crippen LogP contribution is -2.10. The third-order valence-electron chi connectivity index (χ3n) is 10.2. The maximum absolute atomic E-state index is 6.26. The van der Waals surface area contributed by atoms with Gasteiger partial charge in [0.2, 0.25) is 0 Å². The molecule has 0 aliphatic carbocycles. The number of nitrogens with zero attached hydrogens (tertiary/aromatic N) is 2. The Hall–Kier alpha value is -6.36. The second-order valence-electron chi connectivity index (χ2n) is 12.9. The number of rotatable bonds is 4. The van der Waals surface area contributed by atoms with Gasteiger partial charge in [-0.15, -0.1) is 11.3 Å². The molecule has 11 aromatic rings. The van der Waals surface area contributed by atoms with E-state index in [9.17, 15) is 0 Å². The lowest BCUT2D eigenvalue weighted by atomic mass is 10.0. The summed E-state index contributed by atoms with van der Waals surface area (Å²) in [5.74, 6) is 0. The Kier molecular flexibility index (Phi) is 5.83. The van der Waals surface area contributed by atoms with Gasteiger partial charge in [0.05, 0.1) is 16.7 Å². The predicted octanol–water partition coefficient (Wildman–Crippen LogP) is 13.7. The van der Waals surface area contributed by atoms with Crippen molar-refractivity contribution in [3.63, 3.8) is 0 Å². The Labute approximate surface area is 291 Å². The first-order valence-corrected chi connectivity index (χ1v) is 17.7. The van der Waals surface area contributed by atoms with Crippen molar-refractivity contribution in [2.45, 2.75) is 0 Å². The standard InChI is InChI=1S/C46H28N2OS/c1-2-11-30(12-3-1)48-38-16-7-4-13-34(38)35-25-23-32(28-40(35)48)47(39-17-10-20-44-46(39)37-15-6-9-19-43(37)50-44)31-22-24-33-29(27-31)21-26-42-45(33)36-14-5-8-18-41(36)49-42/h1-28H. The molecule has 0 N–H and O–H groups in total. The van der Waals surface area contributed by atoms with Crippen LogP contribution in [0.3, 0.4) is 0 Å². The van der Waals surface area contributed by atoms with Gasteiger partial charge in [0.1, 0.15) is 11.2 Å². The van der Waals surface area contributed by atoms with Gasteiger partial charge < -0.3 is 13.9 Å². The molecule has 0 bridgehead atoms. The van der Waals surface area contributed by atoms with Gasteiger partial charge in [-0.3, -0.25) is 0 Å². The largest absolute Gasteiger partial charge is 0.456 e. The smallest absolute Gasteiger partial charge is 0.136 e. The molecule has 11 rings (SSSR count). The number of furan rings is 1. The number of para-hydroxylation sites is 3. The van der Waals surface area contributed by atoms with E-state index in [1.54, 1.807) is 0 Å². The molecule has 3 heterocycles. The third-order valence-corrected chi connectivity index (χ3v) is 11.3. The number of aromatic nitrogens is 1. The van der Waals surface area contributed by atoms with Crippen molar-refractivity contribution >= 4 is 103 Å². The first-order chi connectivity index (χ1) is 24.8. The Morgan fingerprint density at radius 3 is 2.04 bits per heavy atom. The summed E-state index contributed by atoms with van der Waals surface area (Å²) >= 11 is 1.85. The number of thiophene rings is 1. The van der Waals surface area contributed by atoms with E-state index >= 15 is 0 Å². The van der Waals surface area contributed by atoms with Gasteiger partial charge in [-0.1, -0.05) is 97.1 Å². The Balaban J connectivity index is 1.22. The van der Waals surface area contributed by atoms with Crippen LogP contribution in [0.15, 0.2) is 174 Å². The van der Waals surface area contributed by atoms with Crippen LogP contribution in [-0.2, 0) is 0 Å². The minimum atomic E-state index is 0.914. The van der Waals surface area contributed by atoms with Crippen LogP contribution in [0.5, 0.6) is 0 Å². The molecule has 0 saturated heterocycles. The molecule has 8 aromatic carbocycles. The number of hydrogen-bond donors (Lipinski definition) is 0. The SMILES string of the molecule is c1ccc(-n2c3ccccc3c3ccc(N(c4ccc5c(ccc6oc7ccccc7c65)c4)c4cccc5sc6ccccc6c45)cc32)cc1. The highest BCUT2D eigenvalue weighted by Gasteiger charge is 2.21. The highest BCUT2D eigenvalue weighted by molar-refractivity contribution is 7.26. The number of anilines is 3. The molecule has 0 atom stereocenters. The van der Waals surface area contributed by atoms with E-state index in [-0.39, 0.29) is 0 Å². The summed E-state index contributed by atoms with van der Waals surface area (Å²) in [7, 11) is 0. The minimum absolute atomic E-state index is 0.914. The predicted molar refractivity (Wildman–Crippen MR) is 213 cm³/mol. The zero-order valence-corrected chi connectivity index (χ0v) is 27.7. The van der Waals surface area contributed by atoms with Gasteiger partial charge in [0.15, 0.2) is 0 Å². The van der Waals surface area contributed by atoms with Crippen molar-refractivity contribution < 1.29 is 4.42 Å². The molecule has 0 fully saturated rings. The van der Waals surface area contributed by atoms with Gasteiger partial charge in [-0.25, -0.2) is 0 Å². The molecule has 3 nitrogen and oxygen atoms in total. The lowest BCUT2D eigenvalue weighted by Gasteiger charge is -2.27. The molecule has 0 amide bonds. The lowest BCUT2D eigenvalue weighted by molar-refractivity contribution is 0.669. The topological polar surface area (TPSA) is 21.3 Å². The van der Waals surface area contributed by atoms with Gasteiger partial charge >= 0.3 is 0 Å². The summed E-state index contributed by atoms with van der Waals surface area (Å²) in [6, 6.07) is 61.4. The van der Waals surface area contributed by atoms with Crippen molar-refractivity contribution in [3.8, 4) is 5.69 Å². The van der Waals surface area contributed by atoms with Crippen LogP contribution in [0.2, 0.25) is 0 Å². The summed E-state index contributed by atoms with van der Waals surface area (Å²) in [6.07, 6.45) is 0. The molecular formula is C46H28N2OS. The first-order valence-electron chi connectivity index (χ1n) is 16.9. The average Bonchev–Trinajstić information content (AvgIpc) is 3.85. The molecule has 3 aromatic heterocycles. The molecule has 50 heavy (non-hydrogen) atoms. The fourth-order valence-electron chi connectivity index (χ4n) is 8.00. The van der Waals surface area contributed by atoms with Crippen molar-refractivity contribution in [3.05, 3.63) is 170 Å². The van der Waals surface area contributed by atoms with E-state index in [0.29, 0.717) is 0 Å². The van der Waals surface area contributed by atoms with Crippen LogP contribution < -0.4 is 4.90 Å².